The predicted molar refractivity (Wildman–Crippen MR) is 130 cm³/mol. The van der Waals surface area contributed by atoms with Gasteiger partial charge in [0.05, 0.1) is 37.6 Å². The minimum Gasteiger partial charge on any atom is -0.481 e. The van der Waals surface area contributed by atoms with Crippen LogP contribution in [0.5, 0.6) is 0 Å². The predicted octanol–water partition coefficient (Wildman–Crippen LogP) is 1.71. The molecule has 8 atom stereocenters. The minimum absolute atomic E-state index is 0.0865. The summed E-state index contributed by atoms with van der Waals surface area (Å²) in [5, 5.41) is 50.4. The number of aliphatic carboxylic acids is 1. The molecule has 2 aliphatic rings. The summed E-state index contributed by atoms with van der Waals surface area (Å²) in [7, 11) is 0. The third kappa shape index (κ3) is 9.72. The van der Waals surface area contributed by atoms with Crippen molar-refractivity contribution in [1.29, 1.82) is 0 Å². The summed E-state index contributed by atoms with van der Waals surface area (Å²) in [6.07, 6.45) is 2.29. The molecule has 10 nitrogen and oxygen atoms in total. The number of aliphatic hydroxyl groups excluding tert-OH is 3. The molecular weight excluding hydrogens is 472 g/mol. The number of carbonyl (C=O) groups is 2. The first-order valence-electron chi connectivity index (χ1n) is 13.0. The van der Waals surface area contributed by atoms with Gasteiger partial charge in [-0.2, -0.15) is 0 Å². The van der Waals surface area contributed by atoms with Gasteiger partial charge in [-0.25, -0.2) is 4.79 Å². The molecule has 0 spiro atoms. The summed E-state index contributed by atoms with van der Waals surface area (Å²) in [6.45, 7) is 5.35. The lowest BCUT2D eigenvalue weighted by atomic mass is 9.82. The second-order valence-electron chi connectivity index (χ2n) is 10.5. The number of aliphatic hydroxyl groups is 4. The Bertz CT molecular complexity index is 738. The van der Waals surface area contributed by atoms with Gasteiger partial charge < -0.3 is 39.7 Å². The largest absolute Gasteiger partial charge is 0.481 e. The summed E-state index contributed by atoms with van der Waals surface area (Å²) in [4.78, 5) is 22.5. The molecule has 2 fully saturated rings. The fourth-order valence-electron chi connectivity index (χ4n) is 4.60. The molecule has 0 aromatic heterocycles. The third-order valence-corrected chi connectivity index (χ3v) is 7.17. The summed E-state index contributed by atoms with van der Waals surface area (Å²) in [5.41, 5.74) is -1.04. The van der Waals surface area contributed by atoms with Gasteiger partial charge in [0.2, 0.25) is 0 Å². The third-order valence-electron chi connectivity index (χ3n) is 7.17. The van der Waals surface area contributed by atoms with Gasteiger partial charge in [0.15, 0.2) is 0 Å². The molecule has 0 aliphatic carbocycles. The van der Waals surface area contributed by atoms with E-state index in [0.29, 0.717) is 18.6 Å². The van der Waals surface area contributed by atoms with E-state index in [4.69, 9.17) is 19.3 Å². The van der Waals surface area contributed by atoms with Crippen molar-refractivity contribution in [3.8, 4) is 0 Å². The van der Waals surface area contributed by atoms with Gasteiger partial charge in [-0.05, 0) is 33.1 Å². The van der Waals surface area contributed by atoms with Gasteiger partial charge in [-0.3, -0.25) is 4.79 Å². The zero-order valence-electron chi connectivity index (χ0n) is 21.7. The number of epoxide rings is 1. The maximum absolute atomic E-state index is 12.1. The summed E-state index contributed by atoms with van der Waals surface area (Å²) in [5.74, 6) is -1.37. The quantitative estimate of drug-likeness (QED) is 0.0882. The van der Waals surface area contributed by atoms with Crippen molar-refractivity contribution >= 4 is 11.9 Å². The maximum atomic E-state index is 12.1. The average molecular weight is 517 g/mol. The van der Waals surface area contributed by atoms with Gasteiger partial charge in [0, 0.05) is 24.8 Å². The lowest BCUT2D eigenvalue weighted by molar-refractivity contribution is -0.236. The van der Waals surface area contributed by atoms with Crippen LogP contribution in [0.25, 0.3) is 0 Å². The van der Waals surface area contributed by atoms with Crippen molar-refractivity contribution < 1.29 is 49.3 Å². The average Bonchev–Trinajstić information content (AvgIpc) is 3.56. The van der Waals surface area contributed by atoms with Crippen LogP contribution in [0.1, 0.15) is 78.6 Å². The van der Waals surface area contributed by atoms with E-state index in [9.17, 15) is 30.0 Å². The zero-order chi connectivity index (χ0) is 26.9. The molecule has 2 heterocycles. The molecule has 0 aromatic carbocycles. The smallest absolute Gasteiger partial charge is 0.330 e. The Hall–Kier alpha value is -1.56. The van der Waals surface area contributed by atoms with Gasteiger partial charge in [-0.15, -0.1) is 0 Å². The number of ether oxygens (including phenoxy) is 3. The second kappa shape index (κ2) is 14.4. The normalized spacial score (nSPS) is 32.1. The number of carbonyl (C=O) groups excluding carboxylic acids is 1. The van der Waals surface area contributed by atoms with Crippen LogP contribution < -0.4 is 0 Å². The zero-order valence-corrected chi connectivity index (χ0v) is 21.7. The topological polar surface area (TPSA) is 166 Å². The molecule has 0 unspecified atom stereocenters. The Morgan fingerprint density at radius 1 is 1.08 bits per heavy atom. The standard InChI is InChI=1S/C26H44O10/c1-16(13-22(30)34-11-9-7-5-4-6-8-10-21(28)29)12-19-23(31)25(32)26(33,15-35-19)14-20-24(36-20)17(2)18(3)27/h13,17-20,23-25,27,31-33H,4-12,14-15H2,1-3H3,(H,28,29)/b16-13+/t17-,18-,19-,20-,23-,24-,25-,26+/m0/s1. The van der Waals surface area contributed by atoms with Crippen molar-refractivity contribution in [2.45, 2.75) is 121 Å². The summed E-state index contributed by atoms with van der Waals surface area (Å²) in [6, 6.07) is 0. The molecule has 0 radical (unpaired) electrons. The van der Waals surface area contributed by atoms with E-state index in [0.717, 1.165) is 32.1 Å². The first kappa shape index (κ1) is 30.7. The van der Waals surface area contributed by atoms with Gasteiger partial charge in [0.1, 0.15) is 17.8 Å². The molecule has 208 valence electrons. The SMILES string of the molecule is C/C(=C\C(=O)OCCCCCCCCC(=O)O)C[C@@H]1OC[C@](O)(C[C@@H]2O[C@H]2[C@@H](C)[C@H](C)O)[C@@H](O)[C@H]1O. The van der Waals surface area contributed by atoms with Crippen LogP contribution >= 0.6 is 0 Å². The monoisotopic (exact) mass is 516 g/mol. The molecule has 0 amide bonds. The Kier molecular flexibility index (Phi) is 12.3. The number of unbranched alkanes of at least 4 members (excludes halogenated alkanes) is 5. The molecule has 2 aliphatic heterocycles. The van der Waals surface area contributed by atoms with Gasteiger partial charge in [-0.1, -0.05) is 38.2 Å². The number of hydrogen-bond donors (Lipinski definition) is 5. The maximum Gasteiger partial charge on any atom is 0.330 e. The second-order valence-corrected chi connectivity index (χ2v) is 10.5. The van der Waals surface area contributed by atoms with E-state index < -0.39 is 42.0 Å². The van der Waals surface area contributed by atoms with Crippen LogP contribution in [-0.4, -0.2) is 92.9 Å². The van der Waals surface area contributed by atoms with E-state index in [1.54, 1.807) is 13.8 Å². The Balaban J connectivity index is 1.67. The van der Waals surface area contributed by atoms with Gasteiger partial charge in [0.25, 0.3) is 0 Å². The van der Waals surface area contributed by atoms with E-state index in [1.165, 1.54) is 6.08 Å². The molecule has 5 N–H and O–H groups in total. The van der Waals surface area contributed by atoms with Gasteiger partial charge >= 0.3 is 11.9 Å². The highest BCUT2D eigenvalue weighted by Gasteiger charge is 2.54. The van der Waals surface area contributed by atoms with Crippen LogP contribution in [0.3, 0.4) is 0 Å². The fraction of sp³-hybridized carbons (Fsp3) is 0.846. The minimum atomic E-state index is -1.67. The number of carboxylic acids is 1. The van der Waals surface area contributed by atoms with Crippen LogP contribution in [-0.2, 0) is 23.8 Å². The van der Waals surface area contributed by atoms with Crippen LogP contribution in [0, 0.1) is 5.92 Å². The first-order valence-corrected chi connectivity index (χ1v) is 13.0. The summed E-state index contributed by atoms with van der Waals surface area (Å²) < 4.78 is 16.5. The summed E-state index contributed by atoms with van der Waals surface area (Å²) >= 11 is 0. The highest BCUT2D eigenvalue weighted by molar-refractivity contribution is 5.82. The first-order chi connectivity index (χ1) is 16.9. The van der Waals surface area contributed by atoms with Crippen LogP contribution in [0.4, 0.5) is 0 Å². The molecule has 0 saturated carbocycles. The number of esters is 1. The lowest BCUT2D eigenvalue weighted by Gasteiger charge is -2.43. The van der Waals surface area contributed by atoms with E-state index in [2.05, 4.69) is 0 Å². The van der Waals surface area contributed by atoms with E-state index in [1.807, 2.05) is 6.92 Å². The Morgan fingerprint density at radius 3 is 2.36 bits per heavy atom. The molecular formula is C26H44O10. The highest BCUT2D eigenvalue weighted by Crippen LogP contribution is 2.40. The van der Waals surface area contributed by atoms with Crippen molar-refractivity contribution in [3.63, 3.8) is 0 Å². The number of hydrogen-bond acceptors (Lipinski definition) is 9. The molecule has 2 saturated heterocycles. The van der Waals surface area contributed by atoms with E-state index in [-0.39, 0.29) is 44.0 Å². The number of rotatable bonds is 16. The van der Waals surface area contributed by atoms with Crippen LogP contribution in [0.2, 0.25) is 0 Å². The molecule has 0 aromatic rings. The van der Waals surface area contributed by atoms with Crippen molar-refractivity contribution in [2.24, 2.45) is 5.92 Å². The van der Waals surface area contributed by atoms with E-state index >= 15 is 0 Å². The molecule has 2 rings (SSSR count). The molecule has 10 heteroatoms. The Labute approximate surface area is 213 Å². The Morgan fingerprint density at radius 2 is 1.72 bits per heavy atom. The van der Waals surface area contributed by atoms with Crippen molar-refractivity contribution in [2.75, 3.05) is 13.2 Å². The fourth-order valence-corrected chi connectivity index (χ4v) is 4.60. The number of carboxylic acid groups (broad SMARTS) is 1. The lowest BCUT2D eigenvalue weighted by Crippen LogP contribution is -2.61. The molecule has 0 bridgehead atoms. The highest BCUT2D eigenvalue weighted by atomic mass is 16.6. The molecule has 36 heavy (non-hydrogen) atoms. The van der Waals surface area contributed by atoms with Crippen LogP contribution in [0.15, 0.2) is 11.6 Å². The van der Waals surface area contributed by atoms with Crippen molar-refractivity contribution in [1.82, 2.24) is 0 Å². The van der Waals surface area contributed by atoms with Crippen molar-refractivity contribution in [3.05, 3.63) is 11.6 Å².